The summed E-state index contributed by atoms with van der Waals surface area (Å²) in [4.78, 5) is 0. The molecular weight excluding hydrogens is 138 g/mol. The summed E-state index contributed by atoms with van der Waals surface area (Å²) in [6, 6.07) is 0. The molecule has 1 saturated carbocycles. The van der Waals surface area contributed by atoms with E-state index < -0.39 is 0 Å². The number of halogens is 1. The fourth-order valence-corrected chi connectivity index (χ4v) is 0.915. The maximum Gasteiger partial charge on any atom is 0.0804 e. The summed E-state index contributed by atoms with van der Waals surface area (Å²) in [6.07, 6.45) is 2.45. The van der Waals surface area contributed by atoms with Crippen molar-refractivity contribution in [1.29, 1.82) is 0 Å². The van der Waals surface area contributed by atoms with E-state index in [1.165, 1.54) is 12.8 Å². The molecule has 1 aliphatic carbocycles. The minimum absolute atomic E-state index is 0. The van der Waals surface area contributed by atoms with Crippen molar-refractivity contribution in [2.45, 2.75) is 18.4 Å². The molecule has 0 heterocycles. The summed E-state index contributed by atoms with van der Waals surface area (Å²) >= 11 is 0. The highest BCUT2D eigenvalue weighted by atomic mass is 35.5. The van der Waals surface area contributed by atoms with Crippen LogP contribution in [0.25, 0.3) is 0 Å². The molecule has 1 aliphatic rings. The van der Waals surface area contributed by atoms with Crippen LogP contribution < -0.4 is 5.32 Å². The Balaban J connectivity index is 0.000000640. The molecule has 0 aromatic rings. The maximum atomic E-state index is 5.23. The number of rotatable bonds is 3. The van der Waals surface area contributed by atoms with Crippen molar-refractivity contribution < 1.29 is 4.74 Å². The fourth-order valence-electron chi connectivity index (χ4n) is 0.915. The summed E-state index contributed by atoms with van der Waals surface area (Å²) in [5.41, 5.74) is 0.231. The lowest BCUT2D eigenvalue weighted by Gasteiger charge is -2.10. The topological polar surface area (TPSA) is 21.3 Å². The second kappa shape index (κ2) is 3.40. The van der Waals surface area contributed by atoms with Crippen LogP contribution in [0.1, 0.15) is 12.8 Å². The van der Waals surface area contributed by atoms with Gasteiger partial charge in [-0.2, -0.15) is 0 Å². The quantitative estimate of drug-likeness (QED) is 0.645. The monoisotopic (exact) mass is 151 g/mol. The van der Waals surface area contributed by atoms with Crippen LogP contribution in [0.5, 0.6) is 0 Å². The second-order valence-corrected chi connectivity index (χ2v) is 2.42. The average molecular weight is 152 g/mol. The normalized spacial score (nSPS) is 20.7. The molecule has 1 N–H and O–H groups in total. The van der Waals surface area contributed by atoms with Crippen LogP contribution in [0.3, 0.4) is 0 Å². The van der Waals surface area contributed by atoms with E-state index in [0.717, 1.165) is 6.54 Å². The highest BCUT2D eigenvalue weighted by Crippen LogP contribution is 2.37. The van der Waals surface area contributed by atoms with E-state index in [0.29, 0.717) is 0 Å². The highest BCUT2D eigenvalue weighted by Gasteiger charge is 2.41. The van der Waals surface area contributed by atoms with E-state index >= 15 is 0 Å². The van der Waals surface area contributed by atoms with E-state index in [-0.39, 0.29) is 18.0 Å². The van der Waals surface area contributed by atoms with Crippen LogP contribution in [0, 0.1) is 0 Å². The molecule has 0 unspecified atom stereocenters. The molecule has 0 aromatic heterocycles. The summed E-state index contributed by atoms with van der Waals surface area (Å²) in [5.74, 6) is 0. The van der Waals surface area contributed by atoms with Gasteiger partial charge >= 0.3 is 0 Å². The number of methoxy groups -OCH3 is 1. The average Bonchev–Trinajstić information content (AvgIpc) is 2.50. The van der Waals surface area contributed by atoms with Gasteiger partial charge in [-0.3, -0.25) is 0 Å². The highest BCUT2D eigenvalue weighted by molar-refractivity contribution is 5.85. The molecule has 0 amide bonds. The lowest BCUT2D eigenvalue weighted by atomic mass is 10.3. The van der Waals surface area contributed by atoms with Crippen LogP contribution in [-0.4, -0.2) is 26.3 Å². The van der Waals surface area contributed by atoms with E-state index in [1.807, 2.05) is 7.05 Å². The van der Waals surface area contributed by atoms with Crippen molar-refractivity contribution in [3.63, 3.8) is 0 Å². The largest absolute Gasteiger partial charge is 0.377 e. The van der Waals surface area contributed by atoms with Crippen molar-refractivity contribution >= 4 is 12.4 Å². The Morgan fingerprint density at radius 1 is 1.56 bits per heavy atom. The van der Waals surface area contributed by atoms with Gasteiger partial charge in [0, 0.05) is 13.7 Å². The Hall–Kier alpha value is 0.210. The first kappa shape index (κ1) is 9.21. The van der Waals surface area contributed by atoms with Gasteiger partial charge in [0.05, 0.1) is 5.60 Å². The summed E-state index contributed by atoms with van der Waals surface area (Å²) in [7, 11) is 3.74. The third-order valence-electron chi connectivity index (χ3n) is 1.74. The maximum absolute atomic E-state index is 5.23. The van der Waals surface area contributed by atoms with Gasteiger partial charge < -0.3 is 10.1 Å². The van der Waals surface area contributed by atoms with Crippen LogP contribution >= 0.6 is 12.4 Å². The molecule has 56 valence electrons. The van der Waals surface area contributed by atoms with Gasteiger partial charge in [0.2, 0.25) is 0 Å². The van der Waals surface area contributed by atoms with Gasteiger partial charge in [-0.1, -0.05) is 0 Å². The molecule has 0 atom stereocenters. The predicted octanol–water partition coefficient (Wildman–Crippen LogP) is 0.807. The van der Waals surface area contributed by atoms with Crippen molar-refractivity contribution in [3.05, 3.63) is 0 Å². The van der Waals surface area contributed by atoms with Crippen molar-refractivity contribution in [2.24, 2.45) is 0 Å². The fraction of sp³-hybridized carbons (Fsp3) is 1.00. The Labute approximate surface area is 62.4 Å². The molecule has 0 aromatic carbocycles. The van der Waals surface area contributed by atoms with Gasteiger partial charge in [0.25, 0.3) is 0 Å². The summed E-state index contributed by atoms with van der Waals surface area (Å²) in [5, 5.41) is 3.10. The van der Waals surface area contributed by atoms with Crippen LogP contribution in [0.15, 0.2) is 0 Å². The smallest absolute Gasteiger partial charge is 0.0804 e. The van der Waals surface area contributed by atoms with E-state index in [2.05, 4.69) is 5.32 Å². The van der Waals surface area contributed by atoms with Crippen LogP contribution in [0.2, 0.25) is 0 Å². The number of ether oxygens (including phenoxy) is 1. The molecule has 0 aliphatic heterocycles. The predicted molar refractivity (Wildman–Crippen MR) is 40.1 cm³/mol. The molecule has 0 radical (unpaired) electrons. The van der Waals surface area contributed by atoms with Crippen molar-refractivity contribution in [1.82, 2.24) is 5.32 Å². The lowest BCUT2D eigenvalue weighted by molar-refractivity contribution is 0.0817. The van der Waals surface area contributed by atoms with Gasteiger partial charge in [-0.05, 0) is 19.9 Å². The lowest BCUT2D eigenvalue weighted by Crippen LogP contribution is -2.26. The third kappa shape index (κ3) is 2.12. The standard InChI is InChI=1S/C6H13NO.ClH/c1-7-5-6(8-2)3-4-6;/h7H,3-5H2,1-2H3;1H. The SMILES string of the molecule is CNCC1(OC)CC1.Cl. The van der Waals surface area contributed by atoms with E-state index in [9.17, 15) is 0 Å². The molecular formula is C6H14ClNO. The third-order valence-corrected chi connectivity index (χ3v) is 1.74. The first-order chi connectivity index (χ1) is 3.83. The number of nitrogens with one attached hydrogen (secondary N) is 1. The first-order valence-corrected chi connectivity index (χ1v) is 3.03. The van der Waals surface area contributed by atoms with Gasteiger partial charge in [0.15, 0.2) is 0 Å². The van der Waals surface area contributed by atoms with Gasteiger partial charge in [0.1, 0.15) is 0 Å². The molecule has 1 fully saturated rings. The summed E-state index contributed by atoms with van der Waals surface area (Å²) < 4.78 is 5.23. The number of hydrogen-bond donors (Lipinski definition) is 1. The molecule has 0 spiro atoms. The van der Waals surface area contributed by atoms with Gasteiger partial charge in [-0.25, -0.2) is 0 Å². The minimum atomic E-state index is 0. The molecule has 9 heavy (non-hydrogen) atoms. The van der Waals surface area contributed by atoms with Crippen LogP contribution in [-0.2, 0) is 4.74 Å². The van der Waals surface area contributed by atoms with Crippen molar-refractivity contribution in [2.75, 3.05) is 20.7 Å². The number of hydrogen-bond acceptors (Lipinski definition) is 2. The Morgan fingerprint density at radius 3 is 2.22 bits per heavy atom. The summed E-state index contributed by atoms with van der Waals surface area (Å²) in [6.45, 7) is 1.00. The van der Waals surface area contributed by atoms with Gasteiger partial charge in [-0.15, -0.1) is 12.4 Å². The molecule has 0 bridgehead atoms. The molecule has 2 nitrogen and oxygen atoms in total. The Bertz CT molecular complexity index is 83.1. The Morgan fingerprint density at radius 2 is 2.11 bits per heavy atom. The zero-order valence-electron chi connectivity index (χ0n) is 5.94. The number of likely N-dealkylation sites (N-methyl/N-ethyl adjacent to an activating group) is 1. The first-order valence-electron chi connectivity index (χ1n) is 3.03. The van der Waals surface area contributed by atoms with Crippen LogP contribution in [0.4, 0.5) is 0 Å². The zero-order chi connectivity index (χ0) is 6.04. The molecule has 0 saturated heterocycles. The minimum Gasteiger partial charge on any atom is -0.377 e. The van der Waals surface area contributed by atoms with E-state index in [4.69, 9.17) is 4.74 Å². The Kier molecular flexibility index (Phi) is 3.48. The molecule has 3 heteroatoms. The molecule has 1 rings (SSSR count). The van der Waals surface area contributed by atoms with E-state index in [1.54, 1.807) is 7.11 Å². The van der Waals surface area contributed by atoms with Crippen molar-refractivity contribution in [3.8, 4) is 0 Å². The second-order valence-electron chi connectivity index (χ2n) is 2.42. The zero-order valence-corrected chi connectivity index (χ0v) is 6.75.